The lowest BCUT2D eigenvalue weighted by molar-refractivity contribution is -0.0660. The van der Waals surface area contributed by atoms with Crippen LogP contribution in [0.15, 0.2) is 36.7 Å². The zero-order chi connectivity index (χ0) is 21.4. The molecule has 1 aromatic carbocycles. The molecule has 0 unspecified atom stereocenters. The SMILES string of the molecule is Cc1cc(Nc2ncn(-c3ccc(F)c(F)c3)n2)nc(N2CCN(C3COC3)CC2)c1. The lowest BCUT2D eigenvalue weighted by Crippen LogP contribution is -2.56. The van der Waals surface area contributed by atoms with Crippen molar-refractivity contribution in [3.05, 3.63) is 53.9 Å². The standard InChI is InChI=1S/C21H23F2N7O/c1-14-8-19(25-20(9-14)29-6-4-28(5-7-29)16-11-31-12-16)26-21-24-13-30(27-21)15-2-3-17(22)18(23)10-15/h2-3,8-10,13,16H,4-7,11-12H2,1H3,(H,25,26,27). The molecule has 4 heterocycles. The number of halogens is 2. The van der Waals surface area contributed by atoms with Crippen molar-refractivity contribution in [2.75, 3.05) is 49.6 Å². The predicted molar refractivity (Wildman–Crippen MR) is 112 cm³/mol. The van der Waals surface area contributed by atoms with Crippen LogP contribution >= 0.6 is 0 Å². The zero-order valence-electron chi connectivity index (χ0n) is 17.1. The molecule has 3 aromatic rings. The molecule has 2 aliphatic heterocycles. The Morgan fingerprint density at radius 1 is 1.03 bits per heavy atom. The molecule has 0 bridgehead atoms. The van der Waals surface area contributed by atoms with Crippen molar-refractivity contribution in [3.8, 4) is 5.69 Å². The number of pyridine rings is 1. The number of nitrogens with zero attached hydrogens (tertiary/aromatic N) is 6. The Balaban J connectivity index is 1.28. The van der Waals surface area contributed by atoms with E-state index in [4.69, 9.17) is 9.72 Å². The summed E-state index contributed by atoms with van der Waals surface area (Å²) >= 11 is 0. The van der Waals surface area contributed by atoms with Gasteiger partial charge in [-0.1, -0.05) is 0 Å². The van der Waals surface area contributed by atoms with Crippen LogP contribution in [-0.4, -0.2) is 70.1 Å². The lowest BCUT2D eigenvalue weighted by atomic mass is 10.2. The molecule has 0 aliphatic carbocycles. The van der Waals surface area contributed by atoms with Gasteiger partial charge in [0.05, 0.1) is 24.9 Å². The molecule has 2 fully saturated rings. The maximum Gasteiger partial charge on any atom is 0.248 e. The number of benzene rings is 1. The third-order valence-corrected chi connectivity index (χ3v) is 5.63. The summed E-state index contributed by atoms with van der Waals surface area (Å²) in [4.78, 5) is 13.7. The molecular formula is C21H23F2N7O. The van der Waals surface area contributed by atoms with Gasteiger partial charge in [-0.3, -0.25) is 4.90 Å². The molecule has 1 N–H and O–H groups in total. The Hall–Kier alpha value is -3.11. The van der Waals surface area contributed by atoms with Crippen molar-refractivity contribution in [1.82, 2.24) is 24.6 Å². The molecule has 2 saturated heterocycles. The smallest absolute Gasteiger partial charge is 0.248 e. The van der Waals surface area contributed by atoms with Crippen molar-refractivity contribution in [1.29, 1.82) is 0 Å². The minimum atomic E-state index is -0.933. The quantitative estimate of drug-likeness (QED) is 0.671. The van der Waals surface area contributed by atoms with Gasteiger partial charge in [0.15, 0.2) is 11.6 Å². The summed E-state index contributed by atoms with van der Waals surface area (Å²) in [5.41, 5.74) is 1.45. The molecule has 0 atom stereocenters. The van der Waals surface area contributed by atoms with Crippen LogP contribution in [0.25, 0.3) is 5.69 Å². The largest absolute Gasteiger partial charge is 0.378 e. The Morgan fingerprint density at radius 2 is 1.84 bits per heavy atom. The molecule has 162 valence electrons. The Bertz CT molecular complexity index is 1080. The molecule has 8 nitrogen and oxygen atoms in total. The first-order chi connectivity index (χ1) is 15.0. The average Bonchev–Trinajstić information content (AvgIpc) is 3.17. The summed E-state index contributed by atoms with van der Waals surface area (Å²) in [5.74, 6) is 0.0292. The van der Waals surface area contributed by atoms with Crippen LogP contribution in [0.2, 0.25) is 0 Å². The molecule has 0 radical (unpaired) electrons. The summed E-state index contributed by atoms with van der Waals surface area (Å²) < 4.78 is 33.3. The minimum Gasteiger partial charge on any atom is -0.378 e. The zero-order valence-corrected chi connectivity index (χ0v) is 17.1. The number of hydrogen-bond donors (Lipinski definition) is 1. The molecule has 0 saturated carbocycles. The summed E-state index contributed by atoms with van der Waals surface area (Å²) in [6, 6.07) is 8.12. The van der Waals surface area contributed by atoms with Crippen molar-refractivity contribution in [3.63, 3.8) is 0 Å². The summed E-state index contributed by atoms with van der Waals surface area (Å²) in [6.07, 6.45) is 1.44. The highest BCUT2D eigenvalue weighted by molar-refractivity contribution is 5.55. The normalized spacial score (nSPS) is 17.6. The van der Waals surface area contributed by atoms with E-state index in [1.807, 2.05) is 13.0 Å². The van der Waals surface area contributed by atoms with E-state index in [0.29, 0.717) is 23.5 Å². The second kappa shape index (κ2) is 8.20. The lowest BCUT2D eigenvalue weighted by Gasteiger charge is -2.42. The molecule has 2 aliphatic rings. The van der Waals surface area contributed by atoms with E-state index in [1.54, 1.807) is 0 Å². The summed E-state index contributed by atoms with van der Waals surface area (Å²) in [5, 5.41) is 7.41. The van der Waals surface area contributed by atoms with Gasteiger partial charge in [0.1, 0.15) is 18.0 Å². The van der Waals surface area contributed by atoms with Crippen molar-refractivity contribution in [2.24, 2.45) is 0 Å². The molecule has 31 heavy (non-hydrogen) atoms. The van der Waals surface area contributed by atoms with E-state index in [2.05, 4.69) is 31.3 Å². The highest BCUT2D eigenvalue weighted by atomic mass is 19.2. The first-order valence-corrected chi connectivity index (χ1v) is 10.2. The minimum absolute atomic E-state index is 0.323. The third-order valence-electron chi connectivity index (χ3n) is 5.63. The van der Waals surface area contributed by atoms with Crippen LogP contribution in [0.1, 0.15) is 5.56 Å². The first kappa shape index (κ1) is 19.8. The maximum absolute atomic E-state index is 13.5. The number of aromatic nitrogens is 4. The highest BCUT2D eigenvalue weighted by Crippen LogP contribution is 2.22. The van der Waals surface area contributed by atoms with E-state index in [1.165, 1.54) is 17.1 Å². The van der Waals surface area contributed by atoms with Gasteiger partial charge in [-0.05, 0) is 36.8 Å². The molecule has 0 spiro atoms. The number of piperazine rings is 1. The molecule has 2 aromatic heterocycles. The van der Waals surface area contributed by atoms with E-state index in [-0.39, 0.29) is 0 Å². The van der Waals surface area contributed by atoms with Gasteiger partial charge in [0.2, 0.25) is 5.95 Å². The Kier molecular flexibility index (Phi) is 5.24. The van der Waals surface area contributed by atoms with Crippen LogP contribution in [0, 0.1) is 18.6 Å². The summed E-state index contributed by atoms with van der Waals surface area (Å²) in [7, 11) is 0. The van der Waals surface area contributed by atoms with Gasteiger partial charge in [0.25, 0.3) is 0 Å². The molecule has 10 heteroatoms. The number of ether oxygens (including phenoxy) is 1. The van der Waals surface area contributed by atoms with Gasteiger partial charge in [0, 0.05) is 32.2 Å². The van der Waals surface area contributed by atoms with Gasteiger partial charge in [-0.2, -0.15) is 4.98 Å². The maximum atomic E-state index is 13.5. The Labute approximate surface area is 178 Å². The second-order valence-electron chi connectivity index (χ2n) is 7.84. The molecule has 5 rings (SSSR count). The number of rotatable bonds is 5. The number of hydrogen-bond acceptors (Lipinski definition) is 7. The van der Waals surface area contributed by atoms with E-state index in [9.17, 15) is 8.78 Å². The van der Waals surface area contributed by atoms with Crippen LogP contribution in [0.3, 0.4) is 0 Å². The van der Waals surface area contributed by atoms with Crippen molar-refractivity contribution >= 4 is 17.6 Å². The van der Waals surface area contributed by atoms with Crippen molar-refractivity contribution < 1.29 is 13.5 Å². The number of anilines is 3. The van der Waals surface area contributed by atoms with Gasteiger partial charge >= 0.3 is 0 Å². The fourth-order valence-electron chi connectivity index (χ4n) is 3.81. The fourth-order valence-corrected chi connectivity index (χ4v) is 3.81. The highest BCUT2D eigenvalue weighted by Gasteiger charge is 2.29. The van der Waals surface area contributed by atoms with Crippen molar-refractivity contribution in [2.45, 2.75) is 13.0 Å². The van der Waals surface area contributed by atoms with E-state index < -0.39 is 11.6 Å². The van der Waals surface area contributed by atoms with Crippen LogP contribution < -0.4 is 10.2 Å². The first-order valence-electron chi connectivity index (χ1n) is 10.2. The van der Waals surface area contributed by atoms with Gasteiger partial charge < -0.3 is 15.0 Å². The molecular weight excluding hydrogens is 404 g/mol. The van der Waals surface area contributed by atoms with Gasteiger partial charge in [-0.15, -0.1) is 5.10 Å². The topological polar surface area (TPSA) is 71.3 Å². The van der Waals surface area contributed by atoms with E-state index in [0.717, 1.165) is 62.9 Å². The van der Waals surface area contributed by atoms with Crippen LogP contribution in [0.5, 0.6) is 0 Å². The number of nitrogens with one attached hydrogen (secondary N) is 1. The van der Waals surface area contributed by atoms with E-state index >= 15 is 0 Å². The fraction of sp³-hybridized carbons (Fsp3) is 0.381. The van der Waals surface area contributed by atoms with Crippen LogP contribution in [-0.2, 0) is 4.74 Å². The third kappa shape index (κ3) is 4.21. The number of aryl methyl sites for hydroxylation is 1. The van der Waals surface area contributed by atoms with Gasteiger partial charge in [-0.25, -0.2) is 18.4 Å². The molecule has 0 amide bonds. The monoisotopic (exact) mass is 427 g/mol. The second-order valence-corrected chi connectivity index (χ2v) is 7.84. The summed E-state index contributed by atoms with van der Waals surface area (Å²) in [6.45, 7) is 7.50. The van der Waals surface area contributed by atoms with Crippen LogP contribution in [0.4, 0.5) is 26.4 Å². The predicted octanol–water partition coefficient (Wildman–Crippen LogP) is 2.51. The Morgan fingerprint density at radius 3 is 2.55 bits per heavy atom. The average molecular weight is 427 g/mol.